The number of fused-ring (bicyclic) bond motifs is 2. The summed E-state index contributed by atoms with van der Waals surface area (Å²) in [5.41, 5.74) is 2.33. The Morgan fingerprint density at radius 1 is 1.05 bits per heavy atom. The van der Waals surface area contributed by atoms with Crippen molar-refractivity contribution >= 4 is 63.8 Å². The topological polar surface area (TPSA) is 109 Å². The van der Waals surface area contributed by atoms with Gasteiger partial charge in [-0.25, -0.2) is 9.29 Å². The van der Waals surface area contributed by atoms with Crippen molar-refractivity contribution in [3.63, 3.8) is 0 Å². The number of ether oxygens (including phenoxy) is 1. The molecule has 3 amide bonds. The number of carbonyl (C=O) groups is 3. The molecule has 0 spiro atoms. The molecule has 12 heteroatoms. The summed E-state index contributed by atoms with van der Waals surface area (Å²) in [6.07, 6.45) is 0. The van der Waals surface area contributed by atoms with Gasteiger partial charge in [0.1, 0.15) is 16.8 Å². The lowest BCUT2D eigenvalue weighted by Gasteiger charge is -2.31. The van der Waals surface area contributed by atoms with Gasteiger partial charge in [-0.15, -0.1) is 0 Å². The molecule has 0 aliphatic carbocycles. The maximum atomic E-state index is 14.0. The number of rotatable bonds is 6. The third-order valence-electron chi connectivity index (χ3n) is 6.91. The Morgan fingerprint density at radius 2 is 1.78 bits per heavy atom. The van der Waals surface area contributed by atoms with Crippen LogP contribution in [-0.2, 0) is 14.4 Å². The van der Waals surface area contributed by atoms with Gasteiger partial charge in [0.05, 0.1) is 16.6 Å². The number of anilines is 2. The minimum absolute atomic E-state index is 0.278. The minimum Gasteiger partial charge on any atom is -0.483 e. The van der Waals surface area contributed by atoms with Gasteiger partial charge in [-0.1, -0.05) is 52.4 Å². The number of imide groups is 1. The molecular weight excluding hydrogens is 589 g/mol. The smallest absolute Gasteiger partial charge is 0.305 e. The molecule has 0 bridgehead atoms. The highest BCUT2D eigenvalue weighted by Gasteiger charge is 2.56. The molecule has 3 atom stereocenters. The zero-order valence-electron chi connectivity index (χ0n) is 21.4. The molecule has 1 saturated heterocycles. The molecule has 2 N–H and O–H groups in total. The molecule has 1 aromatic heterocycles. The van der Waals surface area contributed by atoms with Crippen molar-refractivity contribution in [2.45, 2.75) is 23.1 Å². The Kier molecular flexibility index (Phi) is 7.18. The van der Waals surface area contributed by atoms with E-state index < -0.39 is 34.7 Å². The number of aryl methyl sites for hydroxylation is 1. The van der Waals surface area contributed by atoms with E-state index in [2.05, 4.69) is 10.3 Å². The highest BCUT2D eigenvalue weighted by molar-refractivity contribution is 8.00. The van der Waals surface area contributed by atoms with E-state index in [0.717, 1.165) is 16.9 Å². The summed E-state index contributed by atoms with van der Waals surface area (Å²) in [4.78, 5) is 57.0. The fourth-order valence-corrected chi connectivity index (χ4v) is 7.75. The number of H-pyrrole nitrogens is 1. The molecule has 41 heavy (non-hydrogen) atoms. The van der Waals surface area contributed by atoms with Gasteiger partial charge in [0.15, 0.2) is 6.61 Å². The highest BCUT2D eigenvalue weighted by Crippen LogP contribution is 2.54. The fourth-order valence-electron chi connectivity index (χ4n) is 5.07. The predicted molar refractivity (Wildman–Crippen MR) is 156 cm³/mol. The van der Waals surface area contributed by atoms with Crippen LogP contribution in [0.25, 0.3) is 0 Å². The van der Waals surface area contributed by atoms with Crippen molar-refractivity contribution in [3.8, 4) is 5.75 Å². The number of halogens is 2. The van der Waals surface area contributed by atoms with Gasteiger partial charge < -0.3 is 15.0 Å². The Labute approximate surface area is 246 Å². The Balaban J connectivity index is 1.36. The lowest BCUT2D eigenvalue weighted by atomic mass is 9.82. The van der Waals surface area contributed by atoms with Crippen LogP contribution >= 0.6 is 34.7 Å². The molecule has 1 fully saturated rings. The van der Waals surface area contributed by atoms with Crippen LogP contribution in [0, 0.1) is 18.7 Å². The third kappa shape index (κ3) is 5.16. The van der Waals surface area contributed by atoms with E-state index in [1.807, 2.05) is 19.1 Å². The van der Waals surface area contributed by atoms with Crippen LogP contribution in [0.1, 0.15) is 21.9 Å². The molecule has 2 aliphatic rings. The third-order valence-corrected chi connectivity index (χ3v) is 9.55. The number of thiazole rings is 1. The summed E-state index contributed by atoms with van der Waals surface area (Å²) in [7, 11) is 0. The number of thioether (sulfide) groups is 1. The van der Waals surface area contributed by atoms with Gasteiger partial charge in [-0.05, 0) is 61.5 Å². The highest BCUT2D eigenvalue weighted by atomic mass is 35.5. The van der Waals surface area contributed by atoms with Gasteiger partial charge in [0.25, 0.3) is 5.91 Å². The first kappa shape index (κ1) is 27.3. The molecule has 4 aromatic rings. The lowest BCUT2D eigenvalue weighted by Crippen LogP contribution is -2.32. The average molecular weight is 610 g/mol. The van der Waals surface area contributed by atoms with Gasteiger partial charge in [-0.3, -0.25) is 19.2 Å². The van der Waals surface area contributed by atoms with Crippen LogP contribution < -0.4 is 19.8 Å². The molecule has 0 radical (unpaired) electrons. The first-order chi connectivity index (χ1) is 19.7. The van der Waals surface area contributed by atoms with Crippen molar-refractivity contribution in [1.82, 2.24) is 4.98 Å². The van der Waals surface area contributed by atoms with Gasteiger partial charge in [0.2, 0.25) is 11.8 Å². The maximum Gasteiger partial charge on any atom is 0.305 e. The van der Waals surface area contributed by atoms with E-state index in [-0.39, 0.29) is 23.1 Å². The van der Waals surface area contributed by atoms with Gasteiger partial charge in [0, 0.05) is 27.1 Å². The van der Waals surface area contributed by atoms with Crippen LogP contribution in [0.4, 0.5) is 15.8 Å². The molecule has 2 unspecified atom stereocenters. The molecule has 8 nitrogen and oxygen atoms in total. The Hall–Kier alpha value is -3.93. The number of benzene rings is 3. The quantitative estimate of drug-likeness (QED) is 0.285. The first-order valence-corrected chi connectivity index (χ1v) is 14.6. The fraction of sp³-hybridized carbons (Fsp3) is 0.172. The van der Waals surface area contributed by atoms with Crippen molar-refractivity contribution in [2.75, 3.05) is 16.8 Å². The van der Waals surface area contributed by atoms with Crippen molar-refractivity contribution in [2.24, 2.45) is 5.92 Å². The summed E-state index contributed by atoms with van der Waals surface area (Å²) < 4.78 is 19.1. The summed E-state index contributed by atoms with van der Waals surface area (Å²) >= 11 is 8.53. The molecule has 6 rings (SSSR count). The van der Waals surface area contributed by atoms with Crippen LogP contribution in [0.15, 0.2) is 76.6 Å². The van der Waals surface area contributed by atoms with Crippen LogP contribution in [0.2, 0.25) is 5.02 Å². The lowest BCUT2D eigenvalue weighted by molar-refractivity contribution is -0.122. The second-order valence-electron chi connectivity index (χ2n) is 9.62. The second kappa shape index (κ2) is 10.8. The normalized spacial score (nSPS) is 19.6. The number of aromatic nitrogens is 1. The molecular formula is C29H21ClFN3O5S2. The predicted octanol–water partition coefficient (Wildman–Crippen LogP) is 5.35. The van der Waals surface area contributed by atoms with E-state index in [0.29, 0.717) is 31.9 Å². The number of carbonyl (C=O) groups excluding carboxylic acids is 3. The number of nitrogens with one attached hydrogen (secondary N) is 2. The van der Waals surface area contributed by atoms with Crippen molar-refractivity contribution in [3.05, 3.63) is 103 Å². The molecule has 3 heterocycles. The van der Waals surface area contributed by atoms with Crippen LogP contribution in [0.5, 0.6) is 5.75 Å². The molecule has 208 valence electrons. The number of hydrogen-bond acceptors (Lipinski definition) is 7. The maximum absolute atomic E-state index is 14.0. The SMILES string of the molecule is Cc1ccc(N2C(=O)C3Sc4[nH]c(=O)sc4[C@H](c4cc(Cl)ccc4OCC(=O)Nc4ccc(F)cc4)C3C2=O)cc1. The van der Waals surface area contributed by atoms with Crippen molar-refractivity contribution in [1.29, 1.82) is 0 Å². The van der Waals surface area contributed by atoms with Crippen molar-refractivity contribution < 1.29 is 23.5 Å². The second-order valence-corrected chi connectivity index (χ2v) is 12.2. The van der Waals surface area contributed by atoms with E-state index in [4.69, 9.17) is 16.3 Å². The minimum atomic E-state index is -0.846. The van der Waals surface area contributed by atoms with Crippen LogP contribution in [0.3, 0.4) is 0 Å². The summed E-state index contributed by atoms with van der Waals surface area (Å²) in [5, 5.41) is 2.71. The summed E-state index contributed by atoms with van der Waals surface area (Å²) in [6.45, 7) is 1.53. The zero-order chi connectivity index (χ0) is 28.8. The van der Waals surface area contributed by atoms with Gasteiger partial charge >= 0.3 is 4.87 Å². The van der Waals surface area contributed by atoms with Gasteiger partial charge in [-0.2, -0.15) is 0 Å². The molecule has 3 aromatic carbocycles. The zero-order valence-corrected chi connectivity index (χ0v) is 23.7. The van der Waals surface area contributed by atoms with E-state index in [9.17, 15) is 23.6 Å². The summed E-state index contributed by atoms with van der Waals surface area (Å²) in [6, 6.07) is 17.2. The van der Waals surface area contributed by atoms with E-state index >= 15 is 0 Å². The van der Waals surface area contributed by atoms with E-state index in [1.165, 1.54) is 40.9 Å². The Bertz CT molecular complexity index is 1740. The molecule has 2 aliphatic heterocycles. The summed E-state index contributed by atoms with van der Waals surface area (Å²) in [5.74, 6) is -2.99. The average Bonchev–Trinajstić information content (AvgIpc) is 3.44. The number of amides is 3. The van der Waals surface area contributed by atoms with Crippen LogP contribution in [-0.4, -0.2) is 34.6 Å². The number of hydrogen-bond donors (Lipinski definition) is 2. The number of aromatic amines is 1. The molecule has 0 saturated carbocycles. The largest absolute Gasteiger partial charge is 0.483 e. The van der Waals surface area contributed by atoms with E-state index in [1.54, 1.807) is 30.3 Å². The Morgan fingerprint density at radius 3 is 2.51 bits per heavy atom. The number of nitrogens with zero attached hydrogens (tertiary/aromatic N) is 1. The first-order valence-electron chi connectivity index (χ1n) is 12.5. The monoisotopic (exact) mass is 609 g/mol. The standard InChI is InChI=1S/C29H21ClFN3O5S2/c1-14-2-9-18(10-3-14)34-27(36)23-22(24-26(33-29(38)41-24)40-25(23)28(34)37)19-12-15(30)4-11-20(19)39-13-21(35)32-17-7-5-16(31)6-8-17/h2-12,22-23,25H,13H2,1H3,(H,32,35)(H,33,38)/t22-,23?,25?/m1/s1.